The van der Waals surface area contributed by atoms with Gasteiger partial charge in [0.25, 0.3) is 0 Å². The molecular weight excluding hydrogens is 405 g/mol. The average Bonchev–Trinajstić information content (AvgIpc) is 3.09. The van der Waals surface area contributed by atoms with Crippen molar-refractivity contribution < 1.29 is 0 Å². The predicted octanol–water partition coefficient (Wildman–Crippen LogP) is 3.18. The van der Waals surface area contributed by atoms with Crippen LogP contribution in [0, 0.1) is 0 Å². The summed E-state index contributed by atoms with van der Waals surface area (Å²) in [7, 11) is 0. The fourth-order valence-corrected chi connectivity index (χ4v) is 4.42. The van der Waals surface area contributed by atoms with E-state index in [1.54, 1.807) is 0 Å². The third-order valence-electron chi connectivity index (χ3n) is 5.49. The molecule has 3 heterocycles. The maximum absolute atomic E-state index is 6.59. The number of hydrogen-bond acceptors (Lipinski definition) is 5. The topological polar surface area (TPSA) is 67.1 Å². The summed E-state index contributed by atoms with van der Waals surface area (Å²) in [5, 5.41) is 4.27. The number of rotatable bonds is 3. The van der Waals surface area contributed by atoms with Crippen LogP contribution in [0.25, 0.3) is 0 Å². The summed E-state index contributed by atoms with van der Waals surface area (Å²) in [5.74, 6) is 0.787. The Morgan fingerprint density at radius 2 is 1.89 bits per heavy atom. The van der Waals surface area contributed by atoms with Crippen molar-refractivity contribution in [3.05, 3.63) is 52.8 Å². The molecule has 2 aromatic rings. The van der Waals surface area contributed by atoms with Gasteiger partial charge in [-0.05, 0) is 50.0 Å². The third kappa shape index (κ3) is 4.33. The van der Waals surface area contributed by atoms with E-state index in [0.29, 0.717) is 0 Å². The molecule has 4 rings (SSSR count). The molecule has 0 saturated carbocycles. The van der Waals surface area contributed by atoms with Crippen molar-refractivity contribution in [3.8, 4) is 0 Å². The van der Waals surface area contributed by atoms with E-state index in [2.05, 4.69) is 27.3 Å². The van der Waals surface area contributed by atoms with Gasteiger partial charge < -0.3 is 16.0 Å². The first kappa shape index (κ1) is 22.2. The molecule has 0 aliphatic carbocycles. The number of anilines is 1. The molecule has 5 nitrogen and oxygen atoms in total. The Morgan fingerprint density at radius 1 is 1.15 bits per heavy atom. The van der Waals surface area contributed by atoms with Gasteiger partial charge in [0.05, 0.1) is 5.69 Å². The molecule has 0 amide bonds. The van der Waals surface area contributed by atoms with E-state index in [4.69, 9.17) is 22.3 Å². The van der Waals surface area contributed by atoms with Crippen molar-refractivity contribution in [1.29, 1.82) is 0 Å². The molecule has 148 valence electrons. The van der Waals surface area contributed by atoms with Crippen LogP contribution < -0.4 is 16.0 Å². The van der Waals surface area contributed by atoms with E-state index in [1.807, 2.05) is 24.4 Å². The Morgan fingerprint density at radius 3 is 2.56 bits per heavy atom. The molecule has 0 spiro atoms. The second-order valence-electron chi connectivity index (χ2n) is 7.05. The largest absolute Gasteiger partial charge is 0.339 e. The molecule has 2 aliphatic heterocycles. The lowest BCUT2D eigenvalue weighted by molar-refractivity contribution is 0.354. The minimum atomic E-state index is -0.164. The summed E-state index contributed by atoms with van der Waals surface area (Å²) in [6.45, 7) is 3.66. The van der Waals surface area contributed by atoms with E-state index in [-0.39, 0.29) is 36.3 Å². The molecule has 2 fully saturated rings. The van der Waals surface area contributed by atoms with Gasteiger partial charge in [0, 0.05) is 35.8 Å². The lowest BCUT2D eigenvalue weighted by Crippen LogP contribution is -2.42. The number of benzene rings is 1. The summed E-state index contributed by atoms with van der Waals surface area (Å²) in [6.07, 6.45) is 4.83. The molecule has 0 bridgehead atoms. The van der Waals surface area contributed by atoms with Crippen LogP contribution in [0.1, 0.15) is 30.5 Å². The normalized spacial score (nSPS) is 21.3. The monoisotopic (exact) mass is 429 g/mol. The lowest BCUT2D eigenvalue weighted by Gasteiger charge is -2.38. The Hall–Kier alpha value is -1.11. The average molecular weight is 431 g/mol. The van der Waals surface area contributed by atoms with E-state index in [9.17, 15) is 0 Å². The van der Waals surface area contributed by atoms with Gasteiger partial charge in [-0.2, -0.15) is 0 Å². The first-order chi connectivity index (χ1) is 12.2. The number of hydrogen-bond donors (Lipinski definition) is 2. The van der Waals surface area contributed by atoms with Gasteiger partial charge in [-0.3, -0.25) is 0 Å². The third-order valence-corrected chi connectivity index (χ3v) is 5.82. The van der Waals surface area contributed by atoms with E-state index in [0.717, 1.165) is 62.1 Å². The molecule has 8 heteroatoms. The Kier molecular flexibility index (Phi) is 7.72. The van der Waals surface area contributed by atoms with Gasteiger partial charge in [-0.15, -0.1) is 24.8 Å². The van der Waals surface area contributed by atoms with Crippen LogP contribution in [0.2, 0.25) is 5.02 Å². The number of nitrogens with zero attached hydrogens (tertiary/aromatic N) is 3. The highest BCUT2D eigenvalue weighted by Gasteiger charge is 2.39. The molecule has 2 saturated heterocycles. The van der Waals surface area contributed by atoms with Crippen LogP contribution in [-0.2, 0) is 5.41 Å². The van der Waals surface area contributed by atoms with Crippen molar-refractivity contribution in [2.24, 2.45) is 5.73 Å². The van der Waals surface area contributed by atoms with Gasteiger partial charge in [0.15, 0.2) is 0 Å². The second-order valence-corrected chi connectivity index (χ2v) is 7.46. The first-order valence-electron chi connectivity index (χ1n) is 8.99. The first-order valence-corrected chi connectivity index (χ1v) is 9.37. The molecule has 1 aromatic heterocycles. The number of aromatic nitrogens is 2. The molecule has 2 aliphatic rings. The Bertz CT molecular complexity index is 752. The molecular formula is C19H26Cl3N5. The summed E-state index contributed by atoms with van der Waals surface area (Å²) in [6, 6.07) is 10.4. The quantitative estimate of drug-likeness (QED) is 0.783. The molecule has 1 atom stereocenters. The standard InChI is InChI=1S/C19H24ClN5.2ClH/c20-16-4-2-1-3-15(16)19(7-10-22-11-8-19)17-5-9-23-18(24-17)25-12-6-14(21)13-25;;/h1-5,9,14,22H,6-8,10-13,21H2;2*1H. The smallest absolute Gasteiger partial charge is 0.225 e. The molecule has 1 unspecified atom stereocenters. The van der Waals surface area contributed by atoms with Gasteiger partial charge in [-0.25, -0.2) is 9.97 Å². The number of nitrogens with one attached hydrogen (secondary N) is 1. The predicted molar refractivity (Wildman–Crippen MR) is 116 cm³/mol. The summed E-state index contributed by atoms with van der Waals surface area (Å²) >= 11 is 6.59. The highest BCUT2D eigenvalue weighted by atomic mass is 35.5. The highest BCUT2D eigenvalue weighted by Crippen LogP contribution is 2.42. The molecule has 3 N–H and O–H groups in total. The maximum Gasteiger partial charge on any atom is 0.225 e. The van der Waals surface area contributed by atoms with Crippen LogP contribution in [0.5, 0.6) is 0 Å². The van der Waals surface area contributed by atoms with Crippen molar-refractivity contribution in [1.82, 2.24) is 15.3 Å². The van der Waals surface area contributed by atoms with E-state index in [1.165, 1.54) is 5.56 Å². The Balaban J connectivity index is 0.00000131. The number of halogens is 3. The fourth-order valence-electron chi connectivity index (χ4n) is 4.10. The van der Waals surface area contributed by atoms with Crippen LogP contribution >= 0.6 is 36.4 Å². The van der Waals surface area contributed by atoms with Crippen LogP contribution in [0.4, 0.5) is 5.95 Å². The van der Waals surface area contributed by atoms with Crippen LogP contribution in [-0.4, -0.2) is 42.2 Å². The fraction of sp³-hybridized carbons (Fsp3) is 0.474. The lowest BCUT2D eigenvalue weighted by atomic mass is 9.70. The SMILES string of the molecule is Cl.Cl.NC1CCN(c2nccc(C3(c4ccccc4Cl)CCNCC3)n2)C1. The van der Waals surface area contributed by atoms with Gasteiger partial charge in [0.1, 0.15) is 0 Å². The number of piperidine rings is 1. The maximum atomic E-state index is 6.59. The summed E-state index contributed by atoms with van der Waals surface area (Å²) in [5.41, 5.74) is 8.12. The van der Waals surface area contributed by atoms with Gasteiger partial charge >= 0.3 is 0 Å². The van der Waals surface area contributed by atoms with Crippen molar-refractivity contribution in [2.75, 3.05) is 31.1 Å². The summed E-state index contributed by atoms with van der Waals surface area (Å²) in [4.78, 5) is 11.7. The van der Waals surface area contributed by atoms with E-state index >= 15 is 0 Å². The zero-order valence-electron chi connectivity index (χ0n) is 15.1. The molecule has 27 heavy (non-hydrogen) atoms. The number of nitrogens with two attached hydrogens (primary N) is 1. The summed E-state index contributed by atoms with van der Waals surface area (Å²) < 4.78 is 0. The minimum Gasteiger partial charge on any atom is -0.339 e. The minimum absolute atomic E-state index is 0. The molecule has 1 aromatic carbocycles. The van der Waals surface area contributed by atoms with E-state index < -0.39 is 0 Å². The van der Waals surface area contributed by atoms with Gasteiger partial charge in [0.2, 0.25) is 5.95 Å². The van der Waals surface area contributed by atoms with Crippen molar-refractivity contribution in [2.45, 2.75) is 30.7 Å². The van der Waals surface area contributed by atoms with Crippen molar-refractivity contribution in [3.63, 3.8) is 0 Å². The van der Waals surface area contributed by atoms with Crippen LogP contribution in [0.15, 0.2) is 36.5 Å². The zero-order valence-corrected chi connectivity index (χ0v) is 17.5. The van der Waals surface area contributed by atoms with Crippen LogP contribution in [0.3, 0.4) is 0 Å². The van der Waals surface area contributed by atoms with Crippen molar-refractivity contribution >= 4 is 42.4 Å². The second kappa shape index (κ2) is 9.39. The zero-order chi connectivity index (χ0) is 17.3. The highest BCUT2D eigenvalue weighted by molar-refractivity contribution is 6.31. The Labute approximate surface area is 177 Å². The van der Waals surface area contributed by atoms with Gasteiger partial charge in [-0.1, -0.05) is 29.8 Å². The molecule has 0 radical (unpaired) electrons.